The first kappa shape index (κ1) is 24.5. The van der Waals surface area contributed by atoms with Crippen LogP contribution in [-0.4, -0.2) is 54.0 Å². The zero-order chi connectivity index (χ0) is 25.8. The number of nitrogens with zero attached hydrogens (tertiary/aromatic N) is 5. The summed E-state index contributed by atoms with van der Waals surface area (Å²) in [6.07, 6.45) is 0. The summed E-state index contributed by atoms with van der Waals surface area (Å²) >= 11 is 0. The molecule has 2 heterocycles. The van der Waals surface area contributed by atoms with E-state index in [1.807, 2.05) is 74.4 Å². The van der Waals surface area contributed by atoms with Crippen molar-refractivity contribution in [2.75, 3.05) is 43.8 Å². The first-order valence-corrected chi connectivity index (χ1v) is 11.2. The smallest absolute Gasteiger partial charge is 0.273 e. The molecule has 4 aromatic rings. The monoisotopic (exact) mass is 487 g/mol. The number of anilines is 4. The molecule has 0 spiro atoms. The second-order valence-electron chi connectivity index (χ2n) is 8.31. The summed E-state index contributed by atoms with van der Waals surface area (Å²) in [5.74, 6) is 3.22. The lowest BCUT2D eigenvalue weighted by Crippen LogP contribution is -2.16. The van der Waals surface area contributed by atoms with Gasteiger partial charge in [0, 0.05) is 44.1 Å². The standard InChI is InChI=1S/C26H29N7O3/c1-16-27-24(15-25(28-16)32(2)3)29-17-7-9-18(10-8-17)30-26(34)22-14-21(31-33(22)4)20-13-19(35-5)11-12-23(20)36-6/h7-15H,1-6H3,(H,30,34)(H,27,28,29). The number of aromatic nitrogens is 4. The Labute approximate surface area is 209 Å². The Morgan fingerprint density at radius 3 is 2.33 bits per heavy atom. The van der Waals surface area contributed by atoms with Crippen molar-refractivity contribution in [1.29, 1.82) is 0 Å². The van der Waals surface area contributed by atoms with Gasteiger partial charge in [0.2, 0.25) is 0 Å². The van der Waals surface area contributed by atoms with Crippen LogP contribution in [0.5, 0.6) is 11.5 Å². The van der Waals surface area contributed by atoms with Crippen molar-refractivity contribution in [1.82, 2.24) is 19.7 Å². The third-order valence-electron chi connectivity index (χ3n) is 5.49. The van der Waals surface area contributed by atoms with Gasteiger partial charge in [0.25, 0.3) is 5.91 Å². The average molecular weight is 488 g/mol. The number of aryl methyl sites for hydroxylation is 2. The zero-order valence-electron chi connectivity index (χ0n) is 21.2. The van der Waals surface area contributed by atoms with Crippen LogP contribution in [0.4, 0.5) is 23.0 Å². The fourth-order valence-electron chi connectivity index (χ4n) is 3.65. The lowest BCUT2D eigenvalue weighted by molar-refractivity contribution is 0.101. The zero-order valence-corrected chi connectivity index (χ0v) is 21.2. The van der Waals surface area contributed by atoms with E-state index in [4.69, 9.17) is 9.47 Å². The maximum absolute atomic E-state index is 13.0. The first-order valence-electron chi connectivity index (χ1n) is 11.2. The Morgan fingerprint density at radius 2 is 1.67 bits per heavy atom. The van der Waals surface area contributed by atoms with Gasteiger partial charge in [-0.05, 0) is 55.5 Å². The van der Waals surface area contributed by atoms with Gasteiger partial charge >= 0.3 is 0 Å². The number of nitrogens with one attached hydrogen (secondary N) is 2. The van der Waals surface area contributed by atoms with Crippen molar-refractivity contribution in [2.45, 2.75) is 6.92 Å². The number of methoxy groups -OCH3 is 2. The Balaban J connectivity index is 1.49. The number of carbonyl (C=O) groups is 1. The molecular formula is C26H29N7O3. The van der Waals surface area contributed by atoms with Crippen molar-refractivity contribution < 1.29 is 14.3 Å². The van der Waals surface area contributed by atoms with Crippen LogP contribution in [0.25, 0.3) is 11.3 Å². The third-order valence-corrected chi connectivity index (χ3v) is 5.49. The van der Waals surface area contributed by atoms with Crippen molar-refractivity contribution in [2.24, 2.45) is 7.05 Å². The van der Waals surface area contributed by atoms with Crippen LogP contribution in [-0.2, 0) is 7.05 Å². The van der Waals surface area contributed by atoms with Crippen LogP contribution in [0.3, 0.4) is 0 Å². The number of ether oxygens (including phenoxy) is 2. The maximum atomic E-state index is 13.0. The molecule has 186 valence electrons. The summed E-state index contributed by atoms with van der Waals surface area (Å²) < 4.78 is 12.3. The van der Waals surface area contributed by atoms with E-state index < -0.39 is 0 Å². The van der Waals surface area contributed by atoms with Crippen molar-refractivity contribution in [3.8, 4) is 22.8 Å². The van der Waals surface area contributed by atoms with E-state index in [-0.39, 0.29) is 5.91 Å². The predicted octanol–water partition coefficient (Wildman–Crippen LogP) is 4.26. The van der Waals surface area contributed by atoms with E-state index >= 15 is 0 Å². The molecular weight excluding hydrogens is 458 g/mol. The Bertz CT molecular complexity index is 1380. The molecule has 0 aliphatic carbocycles. The highest BCUT2D eigenvalue weighted by molar-refractivity contribution is 6.03. The summed E-state index contributed by atoms with van der Waals surface area (Å²) in [7, 11) is 8.78. The predicted molar refractivity (Wildman–Crippen MR) is 141 cm³/mol. The summed E-state index contributed by atoms with van der Waals surface area (Å²) in [6, 6.07) is 16.4. The number of carbonyl (C=O) groups excluding carboxylic acids is 1. The highest BCUT2D eigenvalue weighted by Crippen LogP contribution is 2.33. The van der Waals surface area contributed by atoms with Gasteiger partial charge in [0.1, 0.15) is 34.7 Å². The average Bonchev–Trinajstić information content (AvgIpc) is 3.26. The normalized spacial score (nSPS) is 10.6. The minimum Gasteiger partial charge on any atom is -0.497 e. The molecule has 10 heteroatoms. The van der Waals surface area contributed by atoms with E-state index in [9.17, 15) is 4.79 Å². The van der Waals surface area contributed by atoms with Gasteiger partial charge in [0.15, 0.2) is 0 Å². The Morgan fingerprint density at radius 1 is 0.944 bits per heavy atom. The highest BCUT2D eigenvalue weighted by Gasteiger charge is 2.17. The fourth-order valence-corrected chi connectivity index (χ4v) is 3.65. The highest BCUT2D eigenvalue weighted by atomic mass is 16.5. The Kier molecular flexibility index (Phi) is 7.05. The van der Waals surface area contributed by atoms with Gasteiger partial charge in [-0.25, -0.2) is 9.97 Å². The van der Waals surface area contributed by atoms with E-state index in [2.05, 4.69) is 25.7 Å². The van der Waals surface area contributed by atoms with Crippen LogP contribution in [0.15, 0.2) is 54.6 Å². The van der Waals surface area contributed by atoms with Crippen LogP contribution in [0.2, 0.25) is 0 Å². The lowest BCUT2D eigenvalue weighted by Gasteiger charge is -2.14. The molecule has 36 heavy (non-hydrogen) atoms. The SMILES string of the molecule is COc1ccc(OC)c(-c2cc(C(=O)Nc3ccc(Nc4cc(N(C)C)nc(C)n4)cc3)n(C)n2)c1. The number of hydrogen-bond donors (Lipinski definition) is 2. The quantitative estimate of drug-likeness (QED) is 0.380. The van der Waals surface area contributed by atoms with Crippen molar-refractivity contribution in [3.63, 3.8) is 0 Å². The molecule has 0 aliphatic heterocycles. The van der Waals surface area contributed by atoms with Crippen LogP contribution >= 0.6 is 0 Å². The van der Waals surface area contributed by atoms with E-state index in [1.54, 1.807) is 32.0 Å². The molecule has 0 bridgehead atoms. The van der Waals surface area contributed by atoms with Gasteiger partial charge in [0.05, 0.1) is 19.9 Å². The molecule has 0 saturated carbocycles. The largest absolute Gasteiger partial charge is 0.497 e. The molecule has 2 aromatic heterocycles. The Hall–Kier alpha value is -4.60. The number of benzene rings is 2. The van der Waals surface area contributed by atoms with Crippen LogP contribution in [0, 0.1) is 6.92 Å². The molecule has 0 atom stereocenters. The lowest BCUT2D eigenvalue weighted by atomic mass is 10.1. The van der Waals surface area contributed by atoms with Gasteiger partial charge in [-0.2, -0.15) is 5.10 Å². The topological polar surface area (TPSA) is 106 Å². The van der Waals surface area contributed by atoms with Crippen molar-refractivity contribution in [3.05, 3.63) is 66.1 Å². The van der Waals surface area contributed by atoms with Gasteiger partial charge in [-0.1, -0.05) is 0 Å². The minimum absolute atomic E-state index is 0.277. The minimum atomic E-state index is -0.277. The summed E-state index contributed by atoms with van der Waals surface area (Å²) in [5.41, 5.74) is 3.24. The number of rotatable bonds is 8. The molecule has 0 radical (unpaired) electrons. The molecule has 10 nitrogen and oxygen atoms in total. The number of amides is 1. The fraction of sp³-hybridized carbons (Fsp3) is 0.231. The first-order chi connectivity index (χ1) is 17.3. The van der Waals surface area contributed by atoms with Gasteiger partial charge in [-0.3, -0.25) is 9.48 Å². The summed E-state index contributed by atoms with van der Waals surface area (Å²) in [6.45, 7) is 1.85. The van der Waals surface area contributed by atoms with Crippen LogP contribution < -0.4 is 25.0 Å². The molecule has 0 fully saturated rings. The van der Waals surface area contributed by atoms with Crippen LogP contribution in [0.1, 0.15) is 16.3 Å². The molecule has 0 aliphatic rings. The van der Waals surface area contributed by atoms with E-state index in [1.165, 1.54) is 0 Å². The number of hydrogen-bond acceptors (Lipinski definition) is 8. The second kappa shape index (κ2) is 10.3. The maximum Gasteiger partial charge on any atom is 0.273 e. The molecule has 1 amide bonds. The van der Waals surface area contributed by atoms with Gasteiger partial charge < -0.3 is 25.0 Å². The third kappa shape index (κ3) is 5.38. The molecule has 0 saturated heterocycles. The van der Waals surface area contributed by atoms with E-state index in [0.717, 1.165) is 17.1 Å². The molecule has 0 unspecified atom stereocenters. The molecule has 4 rings (SSSR count). The van der Waals surface area contributed by atoms with Crippen molar-refractivity contribution >= 4 is 28.9 Å². The van der Waals surface area contributed by atoms with Gasteiger partial charge in [-0.15, -0.1) is 0 Å². The van der Waals surface area contributed by atoms with E-state index in [0.29, 0.717) is 40.2 Å². The molecule has 2 aromatic carbocycles. The summed E-state index contributed by atoms with van der Waals surface area (Å²) in [4.78, 5) is 23.8. The second-order valence-corrected chi connectivity index (χ2v) is 8.31. The summed E-state index contributed by atoms with van der Waals surface area (Å²) in [5, 5.41) is 10.7. The molecule has 2 N–H and O–H groups in total.